The van der Waals surface area contributed by atoms with Crippen molar-refractivity contribution < 1.29 is 14.3 Å². The van der Waals surface area contributed by atoms with Crippen molar-refractivity contribution in [1.29, 1.82) is 0 Å². The highest BCUT2D eigenvalue weighted by atomic mass is 16.5. The monoisotopic (exact) mass is 356 g/mol. The van der Waals surface area contributed by atoms with Crippen LogP contribution in [-0.2, 0) is 11.3 Å². The number of anilines is 1. The highest BCUT2D eigenvalue weighted by molar-refractivity contribution is 5.94. The Morgan fingerprint density at radius 2 is 1.81 bits per heavy atom. The molecule has 136 valence electrons. The Hall–Kier alpha value is -3.04. The van der Waals surface area contributed by atoms with Gasteiger partial charge in [0.2, 0.25) is 5.95 Å². The summed E-state index contributed by atoms with van der Waals surface area (Å²) in [4.78, 5) is 36.2. The number of benzene rings is 1. The Balaban J connectivity index is 1.81. The molecule has 0 unspecified atom stereocenters. The van der Waals surface area contributed by atoms with Gasteiger partial charge in [-0.3, -0.25) is 15.1 Å². The molecule has 9 heteroatoms. The molecule has 0 bridgehead atoms. The standard InChI is InChI=1S/C17H20N6O3/c18-21-15(24)14-4-2-13(3-5-14)12-23(16-19-6-1-7-20-16)17(25)22-8-10-26-11-9-22/h1-7H,8-12,18H2,(H,21,24). The van der Waals surface area contributed by atoms with Crippen LogP contribution in [0.4, 0.5) is 10.7 Å². The van der Waals surface area contributed by atoms with Crippen molar-refractivity contribution in [1.82, 2.24) is 20.3 Å². The minimum Gasteiger partial charge on any atom is -0.378 e. The van der Waals surface area contributed by atoms with E-state index >= 15 is 0 Å². The molecule has 1 aliphatic heterocycles. The highest BCUT2D eigenvalue weighted by Crippen LogP contribution is 2.16. The SMILES string of the molecule is NNC(=O)c1ccc(CN(C(=O)N2CCOCC2)c2ncccn2)cc1. The molecule has 1 aliphatic rings. The number of urea groups is 1. The molecular weight excluding hydrogens is 336 g/mol. The number of rotatable bonds is 4. The van der Waals surface area contributed by atoms with Crippen LogP contribution in [0.5, 0.6) is 0 Å². The Morgan fingerprint density at radius 1 is 1.15 bits per heavy atom. The molecule has 9 nitrogen and oxygen atoms in total. The Morgan fingerprint density at radius 3 is 2.42 bits per heavy atom. The fourth-order valence-corrected chi connectivity index (χ4v) is 2.61. The number of hydrogen-bond acceptors (Lipinski definition) is 6. The number of nitrogens with zero attached hydrogens (tertiary/aromatic N) is 4. The van der Waals surface area contributed by atoms with E-state index in [2.05, 4.69) is 15.4 Å². The maximum Gasteiger partial charge on any atom is 0.327 e. The van der Waals surface area contributed by atoms with Crippen molar-refractivity contribution in [3.05, 3.63) is 53.9 Å². The van der Waals surface area contributed by atoms with E-state index in [4.69, 9.17) is 10.6 Å². The van der Waals surface area contributed by atoms with Crippen molar-refractivity contribution in [2.45, 2.75) is 6.54 Å². The van der Waals surface area contributed by atoms with E-state index in [-0.39, 0.29) is 18.5 Å². The molecular formula is C17H20N6O3. The number of amides is 3. The smallest absolute Gasteiger partial charge is 0.327 e. The number of nitrogen functional groups attached to an aromatic ring is 1. The third-order valence-corrected chi connectivity index (χ3v) is 3.99. The minimum atomic E-state index is -0.371. The van der Waals surface area contributed by atoms with Crippen molar-refractivity contribution in [3.8, 4) is 0 Å². The molecule has 26 heavy (non-hydrogen) atoms. The third kappa shape index (κ3) is 4.13. The van der Waals surface area contributed by atoms with E-state index in [1.165, 1.54) is 4.90 Å². The zero-order valence-corrected chi connectivity index (χ0v) is 14.2. The lowest BCUT2D eigenvalue weighted by molar-refractivity contribution is 0.0547. The third-order valence-electron chi connectivity index (χ3n) is 3.99. The minimum absolute atomic E-state index is 0.178. The normalized spacial score (nSPS) is 14.0. The molecule has 3 rings (SSSR count). The van der Waals surface area contributed by atoms with Crippen LogP contribution >= 0.6 is 0 Å². The molecule has 3 N–H and O–H groups in total. The van der Waals surface area contributed by atoms with Crippen LogP contribution in [0.2, 0.25) is 0 Å². The number of carbonyl (C=O) groups excluding carboxylic acids is 2. The van der Waals surface area contributed by atoms with Gasteiger partial charge in [-0.15, -0.1) is 0 Å². The van der Waals surface area contributed by atoms with Crippen LogP contribution < -0.4 is 16.2 Å². The van der Waals surface area contributed by atoms with Gasteiger partial charge in [0.1, 0.15) is 0 Å². The second kappa shape index (κ2) is 8.37. The first-order valence-corrected chi connectivity index (χ1v) is 8.20. The van der Waals surface area contributed by atoms with Gasteiger partial charge < -0.3 is 9.64 Å². The zero-order valence-electron chi connectivity index (χ0n) is 14.2. The molecule has 0 saturated carbocycles. The Bertz CT molecular complexity index is 747. The summed E-state index contributed by atoms with van der Waals surface area (Å²) in [5.74, 6) is 5.09. The van der Waals surface area contributed by atoms with Gasteiger partial charge in [-0.25, -0.2) is 20.6 Å². The fraction of sp³-hybridized carbons (Fsp3) is 0.294. The molecule has 0 atom stereocenters. The van der Waals surface area contributed by atoms with Crippen molar-refractivity contribution >= 4 is 17.9 Å². The lowest BCUT2D eigenvalue weighted by Gasteiger charge is -2.32. The van der Waals surface area contributed by atoms with Gasteiger partial charge in [0.25, 0.3) is 5.91 Å². The fourth-order valence-electron chi connectivity index (χ4n) is 2.61. The molecule has 0 aliphatic carbocycles. The Labute approximate surface area is 150 Å². The lowest BCUT2D eigenvalue weighted by Crippen LogP contribution is -2.48. The van der Waals surface area contributed by atoms with Gasteiger partial charge in [0.15, 0.2) is 0 Å². The molecule has 1 aromatic carbocycles. The van der Waals surface area contributed by atoms with Crippen LogP contribution in [0.1, 0.15) is 15.9 Å². The van der Waals surface area contributed by atoms with Gasteiger partial charge in [0, 0.05) is 31.0 Å². The molecule has 0 spiro atoms. The molecule has 2 aromatic rings. The van der Waals surface area contributed by atoms with Gasteiger partial charge in [0.05, 0.1) is 19.8 Å². The molecule has 1 saturated heterocycles. The molecule has 1 aromatic heterocycles. The quantitative estimate of drug-likeness (QED) is 0.469. The van der Waals surface area contributed by atoms with E-state index in [1.807, 2.05) is 0 Å². The van der Waals surface area contributed by atoms with Crippen molar-refractivity contribution in [2.75, 3.05) is 31.2 Å². The summed E-state index contributed by atoms with van der Waals surface area (Å²) in [6.45, 7) is 2.36. The van der Waals surface area contributed by atoms with Crippen LogP contribution in [0, 0.1) is 0 Å². The number of aromatic nitrogens is 2. The van der Waals surface area contributed by atoms with E-state index in [9.17, 15) is 9.59 Å². The molecule has 2 heterocycles. The van der Waals surface area contributed by atoms with Gasteiger partial charge in [-0.2, -0.15) is 0 Å². The summed E-state index contributed by atoms with van der Waals surface area (Å²) in [5, 5.41) is 0. The van der Waals surface area contributed by atoms with Crippen molar-refractivity contribution in [2.24, 2.45) is 5.84 Å². The van der Waals surface area contributed by atoms with E-state index in [1.54, 1.807) is 47.6 Å². The number of carbonyl (C=O) groups is 2. The maximum atomic E-state index is 13.0. The summed E-state index contributed by atoms with van der Waals surface area (Å²) in [6.07, 6.45) is 3.19. The predicted molar refractivity (Wildman–Crippen MR) is 94.1 cm³/mol. The first-order valence-electron chi connectivity index (χ1n) is 8.20. The summed E-state index contributed by atoms with van der Waals surface area (Å²) in [6, 6.07) is 8.37. The first-order chi connectivity index (χ1) is 12.7. The van der Waals surface area contributed by atoms with Crippen molar-refractivity contribution in [3.63, 3.8) is 0 Å². The topological polar surface area (TPSA) is 114 Å². The maximum absolute atomic E-state index is 13.0. The zero-order chi connectivity index (χ0) is 18.4. The highest BCUT2D eigenvalue weighted by Gasteiger charge is 2.26. The second-order valence-electron chi connectivity index (χ2n) is 5.69. The number of ether oxygens (including phenoxy) is 1. The first kappa shape index (κ1) is 17.8. The largest absolute Gasteiger partial charge is 0.378 e. The number of hydrazine groups is 1. The Kier molecular flexibility index (Phi) is 5.72. The molecule has 3 amide bonds. The van der Waals surface area contributed by atoms with Gasteiger partial charge >= 0.3 is 6.03 Å². The van der Waals surface area contributed by atoms with Crippen LogP contribution in [0.25, 0.3) is 0 Å². The second-order valence-corrected chi connectivity index (χ2v) is 5.69. The lowest BCUT2D eigenvalue weighted by atomic mass is 10.1. The summed E-state index contributed by atoms with van der Waals surface area (Å²) < 4.78 is 5.31. The van der Waals surface area contributed by atoms with Crippen LogP contribution in [0.3, 0.4) is 0 Å². The number of nitrogens with one attached hydrogen (secondary N) is 1. The average Bonchev–Trinajstić information content (AvgIpc) is 2.72. The summed E-state index contributed by atoms with van der Waals surface area (Å²) >= 11 is 0. The van der Waals surface area contributed by atoms with Crippen LogP contribution in [0.15, 0.2) is 42.7 Å². The van der Waals surface area contributed by atoms with Gasteiger partial charge in [-0.05, 0) is 23.8 Å². The van der Waals surface area contributed by atoms with E-state index < -0.39 is 0 Å². The molecule has 0 radical (unpaired) electrons. The predicted octanol–water partition coefficient (Wildman–Crippen LogP) is 0.539. The van der Waals surface area contributed by atoms with Crippen LogP contribution in [-0.4, -0.2) is 53.1 Å². The van der Waals surface area contributed by atoms with E-state index in [0.29, 0.717) is 37.8 Å². The number of morpholine rings is 1. The summed E-state index contributed by atoms with van der Waals surface area (Å²) in [5.41, 5.74) is 3.37. The average molecular weight is 356 g/mol. The summed E-state index contributed by atoms with van der Waals surface area (Å²) in [7, 11) is 0. The number of hydrogen-bond donors (Lipinski definition) is 2. The van der Waals surface area contributed by atoms with E-state index in [0.717, 1.165) is 5.56 Å². The number of nitrogens with two attached hydrogens (primary N) is 1. The molecule has 1 fully saturated rings. The van der Waals surface area contributed by atoms with Gasteiger partial charge in [-0.1, -0.05) is 12.1 Å².